The molecule has 436 valence electrons. The zero-order chi connectivity index (χ0) is 55.6. The summed E-state index contributed by atoms with van der Waals surface area (Å²) in [7, 11) is 0. The lowest BCUT2D eigenvalue weighted by Crippen LogP contribution is -2.37. The van der Waals surface area contributed by atoms with Gasteiger partial charge in [-0.15, -0.1) is 10.1 Å². The van der Waals surface area contributed by atoms with Crippen LogP contribution in [0.15, 0.2) is 12.2 Å². The molecule has 1 N–H and O–H groups in total. The van der Waals surface area contributed by atoms with Crippen LogP contribution < -0.4 is 5.32 Å². The summed E-state index contributed by atoms with van der Waals surface area (Å²) in [6.07, 6.45) is 2.29. The molecule has 29 nitrogen and oxygen atoms in total. The van der Waals surface area contributed by atoms with Gasteiger partial charge in [0.25, 0.3) is 35.4 Å². The Labute approximate surface area is 446 Å². The number of imide groups is 3. The quantitative estimate of drug-likeness (QED) is 0.0500. The molecule has 2 fully saturated rings. The minimum atomic E-state index is -0.744. The largest absolute Gasteiger partial charge is 0.379 e. The summed E-state index contributed by atoms with van der Waals surface area (Å²) < 4.78 is 66.1. The molecule has 3 heterocycles. The summed E-state index contributed by atoms with van der Waals surface area (Å²) >= 11 is 0. The van der Waals surface area contributed by atoms with Gasteiger partial charge in [0.1, 0.15) is 0 Å². The molecule has 0 saturated carbocycles. The van der Waals surface area contributed by atoms with E-state index in [0.29, 0.717) is 95.9 Å². The number of nitrogens with one attached hydrogen (secondary N) is 1. The van der Waals surface area contributed by atoms with Gasteiger partial charge >= 0.3 is 11.9 Å². The van der Waals surface area contributed by atoms with Crippen molar-refractivity contribution in [1.29, 1.82) is 0 Å². The molecule has 8 amide bonds. The molecular weight excluding hydrogens is 1030 g/mol. The number of hydroxylamine groups is 4. The molecule has 29 heteroatoms. The fourth-order valence-electron chi connectivity index (χ4n) is 6.45. The van der Waals surface area contributed by atoms with E-state index in [9.17, 15) is 47.9 Å². The highest BCUT2D eigenvalue weighted by atomic mass is 16.7. The third-order valence-electron chi connectivity index (χ3n) is 10.5. The summed E-state index contributed by atoms with van der Waals surface area (Å²) in [6, 6.07) is 0. The second kappa shape index (κ2) is 42.6. The lowest BCUT2D eigenvalue weighted by atomic mass is 10.3. The summed E-state index contributed by atoms with van der Waals surface area (Å²) in [5, 5.41) is 3.65. The minimum Gasteiger partial charge on any atom is -0.379 e. The van der Waals surface area contributed by atoms with Crippen molar-refractivity contribution in [2.24, 2.45) is 0 Å². The van der Waals surface area contributed by atoms with Crippen molar-refractivity contribution in [1.82, 2.24) is 25.2 Å². The Hall–Kier alpha value is -5.44. The van der Waals surface area contributed by atoms with Gasteiger partial charge in [-0.05, 0) is 0 Å². The first-order valence-electron chi connectivity index (χ1n) is 25.6. The van der Waals surface area contributed by atoms with Crippen molar-refractivity contribution >= 4 is 59.2 Å². The van der Waals surface area contributed by atoms with Crippen LogP contribution in [-0.2, 0) is 114 Å². The Morgan fingerprint density at radius 3 is 1.04 bits per heavy atom. The fourth-order valence-corrected chi connectivity index (χ4v) is 6.45. The van der Waals surface area contributed by atoms with E-state index >= 15 is 0 Å². The molecule has 0 spiro atoms. The predicted octanol–water partition coefficient (Wildman–Crippen LogP) is -2.17. The molecule has 0 aromatic rings. The molecule has 0 bridgehead atoms. The molecule has 0 aliphatic carbocycles. The number of hydrogen-bond acceptors (Lipinski definition) is 24. The highest BCUT2D eigenvalue weighted by Gasteiger charge is 2.34. The Kier molecular flexibility index (Phi) is 36.4. The van der Waals surface area contributed by atoms with Gasteiger partial charge in [-0.2, -0.15) is 0 Å². The summed E-state index contributed by atoms with van der Waals surface area (Å²) in [5.41, 5.74) is 0. The molecule has 77 heavy (non-hydrogen) atoms. The summed E-state index contributed by atoms with van der Waals surface area (Å²) in [6.45, 7) is 7.06. The van der Waals surface area contributed by atoms with Crippen LogP contribution in [0.5, 0.6) is 0 Å². The number of rotatable bonds is 50. The zero-order valence-electron chi connectivity index (χ0n) is 43.7. The van der Waals surface area contributed by atoms with Gasteiger partial charge in [0, 0.05) is 70.4 Å². The molecule has 3 rings (SSSR count). The van der Waals surface area contributed by atoms with Gasteiger partial charge in [0.15, 0.2) is 0 Å². The normalized spacial score (nSPS) is 14.5. The molecule has 0 radical (unpaired) electrons. The third-order valence-corrected chi connectivity index (χ3v) is 10.5. The van der Waals surface area contributed by atoms with Crippen LogP contribution in [0.2, 0.25) is 0 Å². The van der Waals surface area contributed by atoms with E-state index < -0.39 is 47.4 Å². The maximum atomic E-state index is 13.2. The monoisotopic (exact) mass is 1110 g/mol. The van der Waals surface area contributed by atoms with Gasteiger partial charge in [0.05, 0.1) is 178 Å². The van der Waals surface area contributed by atoms with E-state index in [0.717, 1.165) is 4.90 Å². The van der Waals surface area contributed by atoms with E-state index in [4.69, 9.17) is 66.5 Å². The smallest absolute Gasteiger partial charge is 0.335 e. The highest BCUT2D eigenvalue weighted by Crippen LogP contribution is 2.14. The average molecular weight is 1110 g/mol. The van der Waals surface area contributed by atoms with Crippen molar-refractivity contribution in [3.8, 4) is 0 Å². The van der Waals surface area contributed by atoms with Gasteiger partial charge < -0.3 is 76.7 Å². The number of carbonyl (C=O) groups excluding carboxylic acids is 10. The molecule has 0 unspecified atom stereocenters. The van der Waals surface area contributed by atoms with E-state index in [-0.39, 0.29) is 162 Å². The van der Waals surface area contributed by atoms with E-state index in [1.54, 1.807) is 4.90 Å². The Morgan fingerprint density at radius 1 is 0.390 bits per heavy atom. The molecule has 3 aliphatic rings. The molecule has 0 atom stereocenters. The molecular formula is C48H75N5O24. The second-order valence-corrected chi connectivity index (χ2v) is 16.3. The first-order valence-corrected chi connectivity index (χ1v) is 25.6. The molecule has 0 aromatic heterocycles. The van der Waals surface area contributed by atoms with Crippen molar-refractivity contribution < 1.29 is 114 Å². The van der Waals surface area contributed by atoms with Gasteiger partial charge in [-0.3, -0.25) is 43.3 Å². The van der Waals surface area contributed by atoms with Crippen LogP contribution >= 0.6 is 0 Å². The predicted molar refractivity (Wildman–Crippen MR) is 258 cm³/mol. The summed E-state index contributed by atoms with van der Waals surface area (Å²) in [5.74, 6) is -4.98. The lowest BCUT2D eigenvalue weighted by Gasteiger charge is -2.23. The number of hydrogen-bond donors (Lipinski definition) is 1. The lowest BCUT2D eigenvalue weighted by molar-refractivity contribution is -0.198. The summed E-state index contributed by atoms with van der Waals surface area (Å²) in [4.78, 5) is 130. The molecule has 2 saturated heterocycles. The maximum Gasteiger partial charge on any atom is 0.335 e. The number of ether oxygens (including phenoxy) is 12. The first-order chi connectivity index (χ1) is 37.5. The van der Waals surface area contributed by atoms with Crippen molar-refractivity contribution in [3.05, 3.63) is 12.2 Å². The van der Waals surface area contributed by atoms with Crippen LogP contribution in [0, 0.1) is 0 Å². The van der Waals surface area contributed by atoms with E-state index in [2.05, 4.69) is 5.32 Å². The van der Waals surface area contributed by atoms with Crippen LogP contribution in [0.3, 0.4) is 0 Å². The maximum absolute atomic E-state index is 13.2. The Morgan fingerprint density at radius 2 is 0.688 bits per heavy atom. The zero-order valence-corrected chi connectivity index (χ0v) is 43.7. The van der Waals surface area contributed by atoms with E-state index in [1.165, 1.54) is 12.2 Å². The van der Waals surface area contributed by atoms with Gasteiger partial charge in [-0.1, -0.05) is 0 Å². The second-order valence-electron chi connectivity index (χ2n) is 16.3. The minimum absolute atomic E-state index is 0.00661. The Bertz CT molecular complexity index is 1710. The SMILES string of the molecule is O=C(CCN1C(=O)C=CC1=O)NCCOCCOCCOCCOCCC(=O)N(CCOCCOCCOCCOCCC(=O)ON1C(=O)CCC1=O)CCOCCOCCOCCOCCC(=O)ON1C(=O)CCC1=O. The van der Waals surface area contributed by atoms with Crippen LogP contribution in [-0.4, -0.2) is 264 Å². The van der Waals surface area contributed by atoms with Gasteiger partial charge in [0.2, 0.25) is 11.8 Å². The number of carbonyl (C=O) groups is 10. The van der Waals surface area contributed by atoms with Crippen LogP contribution in [0.25, 0.3) is 0 Å². The molecule has 3 aliphatic heterocycles. The topological polar surface area (TPSA) is 325 Å². The number of nitrogens with zero attached hydrogens (tertiary/aromatic N) is 4. The van der Waals surface area contributed by atoms with Gasteiger partial charge in [-0.25, -0.2) is 9.59 Å². The first kappa shape index (κ1) is 65.8. The third kappa shape index (κ3) is 31.5. The number of amides is 8. The standard InChI is InChI=1S/C48H75N5O24/c54-39(7-12-51-41(56)1-2-42(51)57)49-11-18-67-24-30-73-36-33-70-27-21-64-15-8-40(55)50(13-19-68-25-31-74-37-34-71-28-22-65-16-9-47(62)76-52-43(58)3-4-44(52)59)14-20-69-26-32-75-38-35-72-29-23-66-17-10-48(63)77-53-45(60)5-6-46(53)61/h1-2H,3-38H2,(H,49,54). The fraction of sp³-hybridized carbons (Fsp3) is 0.750. The van der Waals surface area contributed by atoms with E-state index in [1.807, 2.05) is 0 Å². The van der Waals surface area contributed by atoms with Crippen molar-refractivity contribution in [3.63, 3.8) is 0 Å². The average Bonchev–Trinajstić information content (AvgIpc) is 4.04. The van der Waals surface area contributed by atoms with Crippen molar-refractivity contribution in [2.45, 2.75) is 51.4 Å². The molecule has 0 aromatic carbocycles. The van der Waals surface area contributed by atoms with Crippen LogP contribution in [0.4, 0.5) is 0 Å². The van der Waals surface area contributed by atoms with Crippen molar-refractivity contribution in [2.75, 3.05) is 185 Å². The Balaban J connectivity index is 1.17. The van der Waals surface area contributed by atoms with Crippen LogP contribution in [0.1, 0.15) is 51.4 Å². The highest BCUT2D eigenvalue weighted by molar-refractivity contribution is 6.13.